The van der Waals surface area contributed by atoms with Gasteiger partial charge in [0.25, 0.3) is 0 Å². The minimum Gasteiger partial charge on any atom is -0.304 e. The molecule has 0 aliphatic heterocycles. The minimum atomic E-state index is -4.38. The van der Waals surface area contributed by atoms with E-state index in [1.54, 1.807) is 24.3 Å². The Labute approximate surface area is 198 Å². The molecule has 32 heavy (non-hydrogen) atoms. The molecule has 0 fully saturated rings. The Morgan fingerprint density at radius 3 is 2.19 bits per heavy atom. The number of aliphatic imine (C=N–C) groups is 1. The second-order valence-corrected chi connectivity index (χ2v) is 8.42. The molecule has 0 radical (unpaired) electrons. The molecule has 1 atom stereocenters. The molecule has 0 aliphatic rings. The maximum Gasteiger partial charge on any atom is 0.416 e. The van der Waals surface area contributed by atoms with Crippen molar-refractivity contribution in [3.05, 3.63) is 101 Å². The normalized spacial score (nSPS) is 13.0. The van der Waals surface area contributed by atoms with Crippen LogP contribution in [0.1, 0.15) is 22.6 Å². The number of rotatable bonds is 7. The maximum absolute atomic E-state index is 12.7. The van der Waals surface area contributed by atoms with Crippen molar-refractivity contribution in [2.45, 2.75) is 17.0 Å². The number of hydrogen-bond donors (Lipinski definition) is 2. The number of hydrogen-bond acceptors (Lipinski definition) is 3. The molecule has 3 aromatic carbocycles. The van der Waals surface area contributed by atoms with Crippen molar-refractivity contribution in [2.24, 2.45) is 4.99 Å². The second kappa shape index (κ2) is 10.9. The first-order valence-electron chi connectivity index (χ1n) is 9.43. The first kappa shape index (κ1) is 24.2. The van der Waals surface area contributed by atoms with Crippen LogP contribution in [0.15, 0.2) is 88.8 Å². The standard InChI is InChI=1S/C23H18Cl2F3N3S/c24-18-10-6-16(7-11-18)21(29)20(15-4-2-1-3-5-15)14-30-22(25)31-32-19-12-8-17(9-13-19)23(26,27)28/h1-13,20,29H,14H2,(H,30,31). The number of alkyl halides is 3. The van der Waals surface area contributed by atoms with E-state index in [0.717, 1.165) is 35.2 Å². The van der Waals surface area contributed by atoms with E-state index in [-0.39, 0.29) is 17.8 Å². The van der Waals surface area contributed by atoms with Gasteiger partial charge >= 0.3 is 6.18 Å². The number of halogens is 5. The summed E-state index contributed by atoms with van der Waals surface area (Å²) in [5.41, 5.74) is 1.29. The molecule has 166 valence electrons. The number of benzene rings is 3. The highest BCUT2D eigenvalue weighted by molar-refractivity contribution is 7.98. The first-order valence-corrected chi connectivity index (χ1v) is 11.0. The zero-order valence-corrected chi connectivity index (χ0v) is 18.9. The molecule has 0 saturated heterocycles. The molecule has 9 heteroatoms. The summed E-state index contributed by atoms with van der Waals surface area (Å²) in [5, 5.41) is 9.34. The van der Waals surface area contributed by atoms with Crippen LogP contribution < -0.4 is 4.72 Å². The van der Waals surface area contributed by atoms with E-state index in [9.17, 15) is 13.2 Å². The summed E-state index contributed by atoms with van der Waals surface area (Å²) < 4.78 is 40.8. The molecular weight excluding hydrogens is 478 g/mol. The minimum absolute atomic E-state index is 0.0831. The van der Waals surface area contributed by atoms with Gasteiger partial charge in [-0.25, -0.2) is 0 Å². The summed E-state index contributed by atoms with van der Waals surface area (Å²) in [6, 6.07) is 21.3. The lowest BCUT2D eigenvalue weighted by Gasteiger charge is -2.17. The molecule has 2 N–H and O–H groups in total. The summed E-state index contributed by atoms with van der Waals surface area (Å²) in [6.45, 7) is 0.213. The van der Waals surface area contributed by atoms with Gasteiger partial charge in [-0.05, 0) is 71.1 Å². The van der Waals surface area contributed by atoms with E-state index in [1.165, 1.54) is 12.1 Å². The molecule has 0 amide bonds. The van der Waals surface area contributed by atoms with Gasteiger partial charge in [-0.3, -0.25) is 4.99 Å². The quantitative estimate of drug-likeness (QED) is 0.155. The van der Waals surface area contributed by atoms with E-state index in [0.29, 0.717) is 15.6 Å². The maximum atomic E-state index is 12.7. The zero-order valence-electron chi connectivity index (χ0n) is 16.5. The molecular formula is C23H18Cl2F3N3S. The van der Waals surface area contributed by atoms with Crippen molar-refractivity contribution in [1.82, 2.24) is 4.72 Å². The van der Waals surface area contributed by atoms with Gasteiger partial charge in [0.15, 0.2) is 0 Å². The van der Waals surface area contributed by atoms with E-state index in [4.69, 9.17) is 28.6 Å². The lowest BCUT2D eigenvalue weighted by molar-refractivity contribution is -0.137. The fraction of sp³-hybridized carbons (Fsp3) is 0.130. The van der Waals surface area contributed by atoms with Crippen molar-refractivity contribution in [3.8, 4) is 0 Å². The molecule has 0 saturated carbocycles. The Morgan fingerprint density at radius 1 is 0.969 bits per heavy atom. The van der Waals surface area contributed by atoms with Crippen LogP contribution in [0.2, 0.25) is 5.02 Å². The number of nitrogens with zero attached hydrogens (tertiary/aromatic N) is 1. The van der Waals surface area contributed by atoms with Crippen LogP contribution in [0.4, 0.5) is 13.2 Å². The molecule has 3 nitrogen and oxygen atoms in total. The zero-order chi connectivity index (χ0) is 23.1. The Bertz CT molecular complexity index is 1070. The smallest absolute Gasteiger partial charge is 0.304 e. The van der Waals surface area contributed by atoms with Crippen molar-refractivity contribution < 1.29 is 13.2 Å². The van der Waals surface area contributed by atoms with E-state index >= 15 is 0 Å². The molecule has 1 unspecified atom stereocenters. The Balaban J connectivity index is 1.69. The molecule has 3 aromatic rings. The molecule has 0 spiro atoms. The predicted molar refractivity (Wildman–Crippen MR) is 126 cm³/mol. The Morgan fingerprint density at radius 2 is 1.59 bits per heavy atom. The van der Waals surface area contributed by atoms with Crippen LogP contribution >= 0.6 is 35.1 Å². The number of nitrogens with one attached hydrogen (secondary N) is 2. The highest BCUT2D eigenvalue weighted by Gasteiger charge is 2.30. The average molecular weight is 496 g/mol. The fourth-order valence-corrected chi connectivity index (χ4v) is 3.75. The molecule has 3 rings (SSSR count). The van der Waals surface area contributed by atoms with Crippen molar-refractivity contribution in [2.75, 3.05) is 6.54 Å². The SMILES string of the molecule is N=C(c1ccc(Cl)cc1)C(CN=C(Cl)NSc1ccc(C(F)(F)F)cc1)c1ccccc1. The summed E-state index contributed by atoms with van der Waals surface area (Å²) in [5.74, 6) is -0.344. The van der Waals surface area contributed by atoms with E-state index in [1.807, 2.05) is 30.3 Å². The lowest BCUT2D eigenvalue weighted by Crippen LogP contribution is -2.18. The largest absolute Gasteiger partial charge is 0.416 e. The van der Waals surface area contributed by atoms with Crippen LogP contribution in [-0.2, 0) is 6.18 Å². The third-order valence-electron chi connectivity index (χ3n) is 4.55. The highest BCUT2D eigenvalue weighted by atomic mass is 35.5. The first-order chi connectivity index (χ1) is 15.2. The van der Waals surface area contributed by atoms with Gasteiger partial charge in [-0.15, -0.1) is 0 Å². The van der Waals surface area contributed by atoms with Crippen molar-refractivity contribution in [3.63, 3.8) is 0 Å². The Hall–Kier alpha value is -2.48. The predicted octanol–water partition coefficient (Wildman–Crippen LogP) is 7.40. The summed E-state index contributed by atoms with van der Waals surface area (Å²) in [6.07, 6.45) is -4.38. The topological polar surface area (TPSA) is 48.2 Å². The van der Waals surface area contributed by atoms with Crippen LogP contribution in [0, 0.1) is 5.41 Å². The molecule has 0 heterocycles. The van der Waals surface area contributed by atoms with Gasteiger partial charge in [-0.2, -0.15) is 13.2 Å². The van der Waals surface area contributed by atoms with E-state index in [2.05, 4.69) is 9.71 Å². The third-order valence-corrected chi connectivity index (χ3v) is 5.93. The second-order valence-electron chi connectivity index (χ2n) is 6.74. The Kier molecular flexibility index (Phi) is 8.23. The molecule has 0 aromatic heterocycles. The summed E-state index contributed by atoms with van der Waals surface area (Å²) in [4.78, 5) is 4.90. The van der Waals surface area contributed by atoms with Crippen LogP contribution in [0.3, 0.4) is 0 Å². The van der Waals surface area contributed by atoms with Crippen LogP contribution in [0.25, 0.3) is 0 Å². The third kappa shape index (κ3) is 6.76. The number of amidine groups is 1. The molecule has 0 aliphatic carbocycles. The van der Waals surface area contributed by atoms with Crippen LogP contribution in [-0.4, -0.2) is 17.6 Å². The van der Waals surface area contributed by atoms with Gasteiger partial charge in [0.05, 0.1) is 12.1 Å². The van der Waals surface area contributed by atoms with Crippen molar-refractivity contribution in [1.29, 1.82) is 5.41 Å². The fourth-order valence-electron chi connectivity index (χ4n) is 2.90. The average Bonchev–Trinajstić information content (AvgIpc) is 2.78. The monoisotopic (exact) mass is 495 g/mol. The van der Waals surface area contributed by atoms with Gasteiger partial charge in [0.2, 0.25) is 5.29 Å². The summed E-state index contributed by atoms with van der Waals surface area (Å²) >= 11 is 13.2. The highest BCUT2D eigenvalue weighted by Crippen LogP contribution is 2.30. The lowest BCUT2D eigenvalue weighted by atomic mass is 9.90. The van der Waals surface area contributed by atoms with E-state index < -0.39 is 11.7 Å². The van der Waals surface area contributed by atoms with Gasteiger partial charge < -0.3 is 10.1 Å². The van der Waals surface area contributed by atoms with Crippen molar-refractivity contribution >= 4 is 46.2 Å². The van der Waals surface area contributed by atoms with Crippen LogP contribution in [0.5, 0.6) is 0 Å². The summed E-state index contributed by atoms with van der Waals surface area (Å²) in [7, 11) is 0. The van der Waals surface area contributed by atoms with Gasteiger partial charge in [0, 0.05) is 21.5 Å². The van der Waals surface area contributed by atoms with Gasteiger partial charge in [0.1, 0.15) is 0 Å². The van der Waals surface area contributed by atoms with Gasteiger partial charge in [-0.1, -0.05) is 54.1 Å². The molecule has 0 bridgehead atoms.